The molecule has 0 amide bonds. The summed E-state index contributed by atoms with van der Waals surface area (Å²) in [5, 5.41) is 8.88. The van der Waals surface area contributed by atoms with Crippen LogP contribution in [0.25, 0.3) is 0 Å². The Labute approximate surface area is 117 Å². The minimum Gasteiger partial charge on any atom is -0.484 e. The maximum atomic E-state index is 13.3. The summed E-state index contributed by atoms with van der Waals surface area (Å²) < 4.78 is 19.1. The maximum Gasteiger partial charge on any atom is 0.139 e. The molecule has 0 aliphatic rings. The Bertz CT molecular complexity index is 634. The van der Waals surface area contributed by atoms with Crippen LogP contribution in [0.3, 0.4) is 0 Å². The third-order valence-electron chi connectivity index (χ3n) is 2.88. The molecule has 20 heavy (non-hydrogen) atoms. The van der Waals surface area contributed by atoms with Crippen molar-refractivity contribution < 1.29 is 9.13 Å². The Balaban J connectivity index is 2.28. The van der Waals surface area contributed by atoms with E-state index in [1.54, 1.807) is 43.3 Å². The summed E-state index contributed by atoms with van der Waals surface area (Å²) in [4.78, 5) is 0. The summed E-state index contributed by atoms with van der Waals surface area (Å²) >= 11 is 0. The minimum atomic E-state index is -0.473. The maximum absolute atomic E-state index is 13.3. The molecule has 0 radical (unpaired) electrons. The van der Waals surface area contributed by atoms with E-state index in [-0.39, 0.29) is 11.9 Å². The molecule has 0 aromatic heterocycles. The normalized spacial score (nSPS) is 13.3. The fourth-order valence-electron chi connectivity index (χ4n) is 1.95. The van der Waals surface area contributed by atoms with E-state index < -0.39 is 6.10 Å². The van der Waals surface area contributed by atoms with E-state index in [4.69, 9.17) is 15.7 Å². The number of hydrogen-bond acceptors (Lipinski definition) is 3. The molecule has 0 bridgehead atoms. The van der Waals surface area contributed by atoms with Crippen LogP contribution in [-0.4, -0.2) is 6.04 Å². The molecular formula is C16H15FN2O. The van der Waals surface area contributed by atoms with Gasteiger partial charge in [0.1, 0.15) is 17.7 Å². The lowest BCUT2D eigenvalue weighted by Gasteiger charge is -2.23. The third-order valence-corrected chi connectivity index (χ3v) is 2.88. The summed E-state index contributed by atoms with van der Waals surface area (Å²) in [5.41, 5.74) is 7.10. The lowest BCUT2D eigenvalue weighted by molar-refractivity contribution is 0.180. The average molecular weight is 270 g/mol. The van der Waals surface area contributed by atoms with Crippen molar-refractivity contribution in [3.05, 3.63) is 65.5 Å². The van der Waals surface area contributed by atoms with E-state index in [1.807, 2.05) is 6.07 Å². The number of halogens is 1. The van der Waals surface area contributed by atoms with Gasteiger partial charge in [-0.1, -0.05) is 18.2 Å². The number of nitrogens with zero attached hydrogens (tertiary/aromatic N) is 1. The monoisotopic (exact) mass is 270 g/mol. The lowest BCUT2D eigenvalue weighted by Crippen LogP contribution is -2.29. The summed E-state index contributed by atoms with van der Waals surface area (Å²) in [5.74, 6) is 0.207. The first-order chi connectivity index (χ1) is 9.60. The van der Waals surface area contributed by atoms with Crippen molar-refractivity contribution in [3.8, 4) is 11.8 Å². The predicted molar refractivity (Wildman–Crippen MR) is 74.6 cm³/mol. The second-order valence-electron chi connectivity index (χ2n) is 4.59. The third kappa shape index (κ3) is 3.34. The van der Waals surface area contributed by atoms with Crippen LogP contribution in [0.4, 0.5) is 4.39 Å². The Kier molecular flexibility index (Phi) is 4.34. The Morgan fingerprint density at radius 3 is 2.60 bits per heavy atom. The van der Waals surface area contributed by atoms with Gasteiger partial charge >= 0.3 is 0 Å². The van der Waals surface area contributed by atoms with E-state index in [1.165, 1.54) is 12.1 Å². The second kappa shape index (κ2) is 6.18. The highest BCUT2D eigenvalue weighted by Gasteiger charge is 2.19. The first-order valence-electron chi connectivity index (χ1n) is 6.28. The minimum absolute atomic E-state index is 0.317. The van der Waals surface area contributed by atoms with E-state index in [2.05, 4.69) is 0 Å². The van der Waals surface area contributed by atoms with Crippen molar-refractivity contribution in [3.63, 3.8) is 0 Å². The van der Waals surface area contributed by atoms with Gasteiger partial charge in [-0.2, -0.15) is 5.26 Å². The fraction of sp³-hybridized carbons (Fsp3) is 0.188. The van der Waals surface area contributed by atoms with Crippen LogP contribution in [0, 0.1) is 17.1 Å². The van der Waals surface area contributed by atoms with E-state index >= 15 is 0 Å². The standard InChI is InChI=1S/C16H15FN2O/c1-11(19)16(13-5-3-6-14(17)9-13)20-15-7-2-4-12(8-15)10-18/h2-9,11,16H,19H2,1H3. The molecule has 0 saturated heterocycles. The quantitative estimate of drug-likeness (QED) is 0.928. The van der Waals surface area contributed by atoms with Crippen LogP contribution in [0.5, 0.6) is 5.75 Å². The van der Waals surface area contributed by atoms with Crippen molar-refractivity contribution in [1.29, 1.82) is 5.26 Å². The second-order valence-corrected chi connectivity index (χ2v) is 4.59. The van der Waals surface area contributed by atoms with Gasteiger partial charge in [-0.3, -0.25) is 0 Å². The van der Waals surface area contributed by atoms with E-state index in [0.29, 0.717) is 16.9 Å². The molecule has 2 aromatic carbocycles. The van der Waals surface area contributed by atoms with Crippen LogP contribution >= 0.6 is 0 Å². The molecule has 0 spiro atoms. The van der Waals surface area contributed by atoms with Gasteiger partial charge in [0.05, 0.1) is 11.6 Å². The van der Waals surface area contributed by atoms with Crippen LogP contribution in [-0.2, 0) is 0 Å². The van der Waals surface area contributed by atoms with Crippen molar-refractivity contribution in [2.24, 2.45) is 5.73 Å². The first kappa shape index (κ1) is 14.0. The molecule has 0 aliphatic carbocycles. The fourth-order valence-corrected chi connectivity index (χ4v) is 1.95. The zero-order chi connectivity index (χ0) is 14.5. The van der Waals surface area contributed by atoms with Gasteiger partial charge in [0, 0.05) is 6.04 Å². The number of benzene rings is 2. The molecule has 2 N–H and O–H groups in total. The van der Waals surface area contributed by atoms with Crippen molar-refractivity contribution in [1.82, 2.24) is 0 Å². The van der Waals surface area contributed by atoms with Gasteiger partial charge in [-0.25, -0.2) is 4.39 Å². The smallest absolute Gasteiger partial charge is 0.139 e. The molecule has 3 nitrogen and oxygen atoms in total. The Hall–Kier alpha value is -2.38. The molecule has 4 heteroatoms. The van der Waals surface area contributed by atoms with Crippen molar-refractivity contribution in [2.75, 3.05) is 0 Å². The molecule has 0 aliphatic heterocycles. The number of nitriles is 1. The molecule has 2 atom stereocenters. The molecule has 0 heterocycles. The molecule has 0 saturated carbocycles. The van der Waals surface area contributed by atoms with E-state index in [9.17, 15) is 4.39 Å². The van der Waals surface area contributed by atoms with Crippen LogP contribution in [0.1, 0.15) is 24.2 Å². The molecule has 2 unspecified atom stereocenters. The topological polar surface area (TPSA) is 59.0 Å². The van der Waals surface area contributed by atoms with Gasteiger partial charge in [0.15, 0.2) is 0 Å². The zero-order valence-electron chi connectivity index (χ0n) is 11.1. The predicted octanol–water partition coefficient (Wildman–Crippen LogP) is 3.16. The highest BCUT2D eigenvalue weighted by Crippen LogP contribution is 2.25. The van der Waals surface area contributed by atoms with E-state index in [0.717, 1.165) is 0 Å². The molecule has 2 aromatic rings. The number of ether oxygens (including phenoxy) is 1. The van der Waals surface area contributed by atoms with Crippen LogP contribution in [0.2, 0.25) is 0 Å². The van der Waals surface area contributed by atoms with Crippen LogP contribution in [0.15, 0.2) is 48.5 Å². The molecule has 0 fully saturated rings. The highest BCUT2D eigenvalue weighted by atomic mass is 19.1. The Morgan fingerprint density at radius 1 is 1.20 bits per heavy atom. The van der Waals surface area contributed by atoms with Gasteiger partial charge in [-0.15, -0.1) is 0 Å². The summed E-state index contributed by atoms with van der Waals surface area (Å²) in [6.45, 7) is 1.80. The largest absolute Gasteiger partial charge is 0.484 e. The number of nitrogens with two attached hydrogens (primary N) is 1. The van der Waals surface area contributed by atoms with Gasteiger partial charge < -0.3 is 10.5 Å². The van der Waals surface area contributed by atoms with Crippen molar-refractivity contribution >= 4 is 0 Å². The summed E-state index contributed by atoms with van der Waals surface area (Å²) in [6, 6.07) is 14.7. The van der Waals surface area contributed by atoms with Gasteiger partial charge in [0.25, 0.3) is 0 Å². The number of hydrogen-bond donors (Lipinski definition) is 1. The van der Waals surface area contributed by atoms with Crippen molar-refractivity contribution in [2.45, 2.75) is 19.1 Å². The zero-order valence-corrected chi connectivity index (χ0v) is 11.1. The summed E-state index contributed by atoms with van der Waals surface area (Å²) in [6.07, 6.45) is -0.473. The molecule has 102 valence electrons. The van der Waals surface area contributed by atoms with Gasteiger partial charge in [-0.05, 0) is 42.8 Å². The molecule has 2 rings (SSSR count). The first-order valence-corrected chi connectivity index (χ1v) is 6.28. The van der Waals surface area contributed by atoms with Crippen LogP contribution < -0.4 is 10.5 Å². The average Bonchev–Trinajstić information content (AvgIpc) is 2.44. The SMILES string of the molecule is CC(N)C(Oc1cccc(C#N)c1)c1cccc(F)c1. The molecular weight excluding hydrogens is 255 g/mol. The number of rotatable bonds is 4. The summed E-state index contributed by atoms with van der Waals surface area (Å²) in [7, 11) is 0. The highest BCUT2D eigenvalue weighted by molar-refractivity contribution is 5.36. The Morgan fingerprint density at radius 2 is 1.95 bits per heavy atom. The van der Waals surface area contributed by atoms with Gasteiger partial charge in [0.2, 0.25) is 0 Å². The lowest BCUT2D eigenvalue weighted by atomic mass is 10.0.